The first-order valence-electron chi connectivity index (χ1n) is 19.0. The second-order valence-electron chi connectivity index (χ2n) is 14.5. The van der Waals surface area contributed by atoms with Gasteiger partial charge in [-0.2, -0.15) is 0 Å². The van der Waals surface area contributed by atoms with E-state index in [0.717, 1.165) is 11.4 Å². The quantitative estimate of drug-likeness (QED) is 0.162. The first-order chi connectivity index (χ1) is 27.3. The fraction of sp³-hybridized carbons (Fsp3) is 0. The monoisotopic (exact) mass is 697 g/mol. The minimum absolute atomic E-state index is 1.13. The Hall–Kier alpha value is -7.22. The van der Waals surface area contributed by atoms with Crippen molar-refractivity contribution in [1.82, 2.24) is 0 Å². The van der Waals surface area contributed by atoms with Gasteiger partial charge in [-0.3, -0.25) is 0 Å². The van der Waals surface area contributed by atoms with Crippen LogP contribution < -0.4 is 4.90 Å². The normalized spacial score (nSPS) is 11.6. The van der Waals surface area contributed by atoms with Crippen molar-refractivity contribution in [2.75, 3.05) is 4.90 Å². The highest BCUT2D eigenvalue weighted by molar-refractivity contribution is 6.26. The summed E-state index contributed by atoms with van der Waals surface area (Å²) in [5.41, 5.74) is 8.39. The van der Waals surface area contributed by atoms with Gasteiger partial charge in [0.25, 0.3) is 0 Å². The zero-order chi connectivity index (χ0) is 36.3. The molecular weight excluding hydrogens is 663 g/mol. The van der Waals surface area contributed by atoms with Crippen LogP contribution in [-0.2, 0) is 0 Å². The van der Waals surface area contributed by atoms with Crippen molar-refractivity contribution in [2.24, 2.45) is 0 Å². The van der Waals surface area contributed by atoms with Gasteiger partial charge in [0, 0.05) is 16.8 Å². The summed E-state index contributed by atoms with van der Waals surface area (Å²) < 4.78 is 0. The van der Waals surface area contributed by atoms with E-state index in [9.17, 15) is 0 Å². The zero-order valence-corrected chi connectivity index (χ0v) is 30.2. The maximum absolute atomic E-state index is 2.42. The van der Waals surface area contributed by atoms with E-state index in [4.69, 9.17) is 0 Å². The minimum Gasteiger partial charge on any atom is -0.310 e. The van der Waals surface area contributed by atoms with E-state index < -0.39 is 0 Å². The third-order valence-corrected chi connectivity index (χ3v) is 11.3. The first kappa shape index (κ1) is 31.3. The largest absolute Gasteiger partial charge is 0.310 e. The Kier molecular flexibility index (Phi) is 7.25. The summed E-state index contributed by atoms with van der Waals surface area (Å²) in [6, 6.07) is 77.9. The maximum atomic E-state index is 2.42. The number of rotatable bonds is 5. The van der Waals surface area contributed by atoms with Crippen LogP contribution in [0.3, 0.4) is 0 Å². The van der Waals surface area contributed by atoms with E-state index in [1.165, 1.54) is 92.6 Å². The lowest BCUT2D eigenvalue weighted by atomic mass is 9.87. The molecule has 55 heavy (non-hydrogen) atoms. The predicted octanol–water partition coefficient (Wildman–Crippen LogP) is 15.4. The molecule has 1 nitrogen and oxygen atoms in total. The highest BCUT2D eigenvalue weighted by Gasteiger charge is 2.18. The molecule has 0 aliphatic heterocycles. The Labute approximate surface area is 320 Å². The van der Waals surface area contributed by atoms with Crippen LogP contribution in [-0.4, -0.2) is 0 Å². The maximum Gasteiger partial charge on any atom is 0.0540 e. The van der Waals surface area contributed by atoms with Gasteiger partial charge in [-0.25, -0.2) is 0 Å². The Balaban J connectivity index is 1.08. The van der Waals surface area contributed by atoms with Crippen LogP contribution in [0.1, 0.15) is 0 Å². The molecule has 0 atom stereocenters. The highest BCUT2D eigenvalue weighted by Crippen LogP contribution is 2.44. The molecule has 0 fully saturated rings. The summed E-state index contributed by atoms with van der Waals surface area (Å²) in [5.74, 6) is 0. The average Bonchev–Trinajstić information content (AvgIpc) is 3.26. The van der Waals surface area contributed by atoms with Crippen molar-refractivity contribution < 1.29 is 0 Å². The number of hydrogen-bond acceptors (Lipinski definition) is 1. The van der Waals surface area contributed by atoms with Gasteiger partial charge in [-0.1, -0.05) is 158 Å². The van der Waals surface area contributed by atoms with Crippen molar-refractivity contribution in [2.45, 2.75) is 0 Å². The van der Waals surface area contributed by atoms with Gasteiger partial charge in [0.2, 0.25) is 0 Å². The number of anilines is 3. The van der Waals surface area contributed by atoms with Gasteiger partial charge in [0.1, 0.15) is 0 Å². The molecule has 0 bridgehead atoms. The lowest BCUT2D eigenvalue weighted by molar-refractivity contribution is 1.30. The van der Waals surface area contributed by atoms with Crippen LogP contribution in [0.2, 0.25) is 0 Å². The van der Waals surface area contributed by atoms with E-state index in [1.54, 1.807) is 0 Å². The van der Waals surface area contributed by atoms with Gasteiger partial charge in [0.15, 0.2) is 0 Å². The van der Waals surface area contributed by atoms with Gasteiger partial charge in [-0.05, 0) is 136 Å². The van der Waals surface area contributed by atoms with Crippen molar-refractivity contribution in [3.8, 4) is 22.3 Å². The fourth-order valence-electron chi connectivity index (χ4n) is 8.76. The lowest BCUT2D eigenvalue weighted by Gasteiger charge is -2.27. The molecular formula is C54H35N. The van der Waals surface area contributed by atoms with Crippen molar-refractivity contribution in [1.29, 1.82) is 0 Å². The third kappa shape index (κ3) is 5.24. The standard InChI is InChI=1S/C54H35N/c1-2-17-44(18-3-1)55(53-24-12-16-37-14-6-7-19-46(37)53)45-30-29-39-32-42(28-26-40(39)33-45)52-35-43-34-51(41-27-25-36-13-4-5-15-38(36)31-41)47-20-8-10-22-49(47)54(43)50-23-11-9-21-48(50)52/h1-35H. The van der Waals surface area contributed by atoms with Gasteiger partial charge >= 0.3 is 0 Å². The number of nitrogens with zero attached hydrogens (tertiary/aromatic N) is 1. The zero-order valence-electron chi connectivity index (χ0n) is 30.2. The number of fused-ring (bicyclic) bond motifs is 8. The van der Waals surface area contributed by atoms with Crippen LogP contribution in [0.5, 0.6) is 0 Å². The Morgan fingerprint density at radius 2 is 0.745 bits per heavy atom. The van der Waals surface area contributed by atoms with E-state index >= 15 is 0 Å². The smallest absolute Gasteiger partial charge is 0.0540 e. The molecule has 0 spiro atoms. The second kappa shape index (κ2) is 12.7. The molecule has 11 aromatic rings. The predicted molar refractivity (Wildman–Crippen MR) is 237 cm³/mol. The lowest BCUT2D eigenvalue weighted by Crippen LogP contribution is -2.10. The molecule has 0 radical (unpaired) electrons. The molecule has 0 aliphatic rings. The molecule has 0 heterocycles. The Bertz CT molecular complexity index is 3260. The molecule has 11 rings (SSSR count). The van der Waals surface area contributed by atoms with Crippen LogP contribution in [0.25, 0.3) is 86.9 Å². The van der Waals surface area contributed by atoms with E-state index in [1.807, 2.05) is 0 Å². The molecule has 0 unspecified atom stereocenters. The molecule has 0 saturated carbocycles. The van der Waals surface area contributed by atoms with Crippen LogP contribution in [0.15, 0.2) is 212 Å². The van der Waals surface area contributed by atoms with Crippen LogP contribution >= 0.6 is 0 Å². The summed E-state index contributed by atoms with van der Waals surface area (Å²) in [4.78, 5) is 2.38. The molecule has 0 saturated heterocycles. The van der Waals surface area contributed by atoms with Crippen LogP contribution in [0.4, 0.5) is 17.1 Å². The molecule has 1 heteroatoms. The summed E-state index contributed by atoms with van der Waals surface area (Å²) in [6.07, 6.45) is 0. The Morgan fingerprint density at radius 1 is 0.255 bits per heavy atom. The van der Waals surface area contributed by atoms with Gasteiger partial charge in [-0.15, -0.1) is 0 Å². The van der Waals surface area contributed by atoms with Crippen molar-refractivity contribution in [3.05, 3.63) is 212 Å². The number of benzene rings is 11. The molecule has 0 N–H and O–H groups in total. The molecule has 11 aromatic carbocycles. The highest BCUT2D eigenvalue weighted by atomic mass is 15.1. The average molecular weight is 698 g/mol. The van der Waals surface area contributed by atoms with Crippen LogP contribution in [0, 0.1) is 0 Å². The minimum atomic E-state index is 1.13. The van der Waals surface area contributed by atoms with Gasteiger partial charge < -0.3 is 4.90 Å². The van der Waals surface area contributed by atoms with Crippen molar-refractivity contribution >= 4 is 81.7 Å². The molecule has 256 valence electrons. The summed E-state index contributed by atoms with van der Waals surface area (Å²) >= 11 is 0. The summed E-state index contributed by atoms with van der Waals surface area (Å²) in [6.45, 7) is 0. The molecule has 0 amide bonds. The van der Waals surface area contributed by atoms with E-state index in [2.05, 4.69) is 217 Å². The molecule has 0 aliphatic carbocycles. The van der Waals surface area contributed by atoms with Gasteiger partial charge in [0.05, 0.1) is 5.69 Å². The summed E-state index contributed by atoms with van der Waals surface area (Å²) in [7, 11) is 0. The van der Waals surface area contributed by atoms with Crippen molar-refractivity contribution in [3.63, 3.8) is 0 Å². The third-order valence-electron chi connectivity index (χ3n) is 11.3. The number of para-hydroxylation sites is 1. The molecule has 0 aromatic heterocycles. The van der Waals surface area contributed by atoms with E-state index in [0.29, 0.717) is 0 Å². The van der Waals surface area contributed by atoms with E-state index in [-0.39, 0.29) is 0 Å². The number of hydrogen-bond donors (Lipinski definition) is 0. The SMILES string of the molecule is c1ccc(N(c2ccc3cc(-c4cc5cc(-c6ccc7ccccc7c6)c6ccccc6c5c5ccccc45)ccc3c2)c2cccc3ccccc23)cc1. The summed E-state index contributed by atoms with van der Waals surface area (Å²) in [5, 5.41) is 15.0. The second-order valence-corrected chi connectivity index (χ2v) is 14.5. The topological polar surface area (TPSA) is 3.24 Å². The first-order valence-corrected chi connectivity index (χ1v) is 19.0. The Morgan fingerprint density at radius 3 is 1.44 bits per heavy atom. The fourth-order valence-corrected chi connectivity index (χ4v) is 8.76.